The van der Waals surface area contributed by atoms with Crippen LogP contribution >= 0.6 is 0 Å². The first-order valence-corrected chi connectivity index (χ1v) is 5.69. The van der Waals surface area contributed by atoms with Gasteiger partial charge in [0.25, 0.3) is 0 Å². The number of fused-ring (bicyclic) bond motifs is 1. The van der Waals surface area contributed by atoms with E-state index in [4.69, 9.17) is 9.47 Å². The second-order valence-electron chi connectivity index (χ2n) is 3.99. The van der Waals surface area contributed by atoms with Crippen LogP contribution in [-0.2, 0) is 0 Å². The van der Waals surface area contributed by atoms with Crippen LogP contribution in [0.2, 0.25) is 0 Å². The van der Waals surface area contributed by atoms with Crippen molar-refractivity contribution in [3.63, 3.8) is 0 Å². The van der Waals surface area contributed by atoms with E-state index in [2.05, 4.69) is 13.0 Å². The van der Waals surface area contributed by atoms with Crippen LogP contribution in [0, 0.1) is 0 Å². The van der Waals surface area contributed by atoms with Gasteiger partial charge in [0.15, 0.2) is 17.3 Å². The van der Waals surface area contributed by atoms with Crippen LogP contribution in [0.5, 0.6) is 11.5 Å². The highest BCUT2D eigenvalue weighted by Gasteiger charge is 2.26. The number of benzene rings is 1. The van der Waals surface area contributed by atoms with E-state index < -0.39 is 0 Å². The van der Waals surface area contributed by atoms with Crippen molar-refractivity contribution >= 4 is 11.4 Å². The average molecular weight is 232 g/mol. The molecule has 0 atom stereocenters. The third kappa shape index (κ3) is 1.93. The predicted octanol–water partition coefficient (Wildman–Crippen LogP) is 3.08. The van der Waals surface area contributed by atoms with Gasteiger partial charge in [-0.3, -0.25) is 4.79 Å². The monoisotopic (exact) mass is 232 g/mol. The molecule has 0 N–H and O–H groups in total. The zero-order valence-electron chi connectivity index (χ0n) is 10.4. The van der Waals surface area contributed by atoms with Crippen LogP contribution < -0.4 is 9.47 Å². The van der Waals surface area contributed by atoms with Crippen LogP contribution in [0.4, 0.5) is 0 Å². The minimum absolute atomic E-state index is 0.153. The maximum absolute atomic E-state index is 11.9. The van der Waals surface area contributed by atoms with E-state index in [0.29, 0.717) is 17.9 Å². The lowest BCUT2D eigenvalue weighted by atomic mass is 10.1. The van der Waals surface area contributed by atoms with E-state index in [1.54, 1.807) is 20.3 Å². The number of ketones is 1. The molecule has 0 saturated carbocycles. The Morgan fingerprint density at radius 1 is 1.18 bits per heavy atom. The molecule has 90 valence electrons. The van der Waals surface area contributed by atoms with Crippen LogP contribution in [0.15, 0.2) is 18.2 Å². The summed E-state index contributed by atoms with van der Waals surface area (Å²) in [5.74, 6) is 1.43. The quantitative estimate of drug-likeness (QED) is 0.803. The number of carbonyl (C=O) groups is 1. The first kappa shape index (κ1) is 11.7. The lowest BCUT2D eigenvalue weighted by Crippen LogP contribution is -1.96. The number of Topliss-reactive ketones (excluding diaryl/α,β-unsaturated/α-hetero) is 1. The molecule has 3 nitrogen and oxygen atoms in total. The Balaban J connectivity index is 2.58. The molecule has 0 bridgehead atoms. The minimum atomic E-state index is 0.153. The molecule has 0 radical (unpaired) electrons. The van der Waals surface area contributed by atoms with Crippen molar-refractivity contribution in [2.45, 2.75) is 19.8 Å². The molecule has 17 heavy (non-hydrogen) atoms. The number of hydrogen-bond acceptors (Lipinski definition) is 3. The molecule has 1 aliphatic rings. The number of allylic oxidation sites excluding steroid dienone is 2. The summed E-state index contributed by atoms with van der Waals surface area (Å²) in [7, 11) is 3.18. The van der Waals surface area contributed by atoms with Gasteiger partial charge in [-0.2, -0.15) is 0 Å². The van der Waals surface area contributed by atoms with Crippen molar-refractivity contribution < 1.29 is 14.3 Å². The fourth-order valence-corrected chi connectivity index (χ4v) is 2.17. The Labute approximate surface area is 101 Å². The fraction of sp³-hybridized carbons (Fsp3) is 0.357. The molecule has 0 saturated heterocycles. The number of ether oxygens (including phenoxy) is 2. The first-order chi connectivity index (χ1) is 8.21. The lowest BCUT2D eigenvalue weighted by molar-refractivity contribution is 0.100. The fourth-order valence-electron chi connectivity index (χ4n) is 2.17. The van der Waals surface area contributed by atoms with Crippen molar-refractivity contribution in [3.05, 3.63) is 29.3 Å². The molecule has 0 spiro atoms. The summed E-state index contributed by atoms with van der Waals surface area (Å²) >= 11 is 0. The van der Waals surface area contributed by atoms with Gasteiger partial charge in [0.2, 0.25) is 0 Å². The zero-order chi connectivity index (χ0) is 12.4. The van der Waals surface area contributed by atoms with Gasteiger partial charge < -0.3 is 9.47 Å². The molecule has 1 aromatic rings. The number of rotatable bonds is 3. The predicted molar refractivity (Wildman–Crippen MR) is 66.8 cm³/mol. The summed E-state index contributed by atoms with van der Waals surface area (Å²) in [5, 5.41) is 0. The highest BCUT2D eigenvalue weighted by Crippen LogP contribution is 2.39. The third-order valence-corrected chi connectivity index (χ3v) is 2.97. The van der Waals surface area contributed by atoms with E-state index in [1.807, 2.05) is 6.07 Å². The van der Waals surface area contributed by atoms with Crippen LogP contribution in [-0.4, -0.2) is 20.0 Å². The topological polar surface area (TPSA) is 35.5 Å². The Kier molecular flexibility index (Phi) is 3.18. The maximum Gasteiger partial charge on any atom is 0.167 e. The first-order valence-electron chi connectivity index (χ1n) is 5.69. The summed E-state index contributed by atoms with van der Waals surface area (Å²) in [6, 6.07) is 3.66. The molecule has 3 heteroatoms. The van der Waals surface area contributed by atoms with E-state index >= 15 is 0 Å². The molecule has 0 unspecified atom stereocenters. The Bertz CT molecular complexity index is 486. The molecule has 0 aliphatic heterocycles. The molecular formula is C14H16O3. The maximum atomic E-state index is 11.9. The molecule has 0 aromatic heterocycles. The van der Waals surface area contributed by atoms with Crippen LogP contribution in [0.3, 0.4) is 0 Å². The zero-order valence-corrected chi connectivity index (χ0v) is 10.4. The molecule has 0 amide bonds. The smallest absolute Gasteiger partial charge is 0.167 e. The van der Waals surface area contributed by atoms with E-state index in [9.17, 15) is 4.79 Å². The summed E-state index contributed by atoms with van der Waals surface area (Å²) in [5.41, 5.74) is 2.81. The summed E-state index contributed by atoms with van der Waals surface area (Å²) in [6.07, 6.45) is 3.51. The van der Waals surface area contributed by atoms with Gasteiger partial charge in [0.05, 0.1) is 14.2 Å². The minimum Gasteiger partial charge on any atom is -0.493 e. The van der Waals surface area contributed by atoms with Gasteiger partial charge >= 0.3 is 0 Å². The summed E-state index contributed by atoms with van der Waals surface area (Å²) in [6.45, 7) is 2.07. The van der Waals surface area contributed by atoms with Gasteiger partial charge in [0, 0.05) is 12.0 Å². The van der Waals surface area contributed by atoms with Gasteiger partial charge in [-0.15, -0.1) is 0 Å². The number of methoxy groups -OCH3 is 2. The van der Waals surface area contributed by atoms with Crippen molar-refractivity contribution in [3.8, 4) is 11.5 Å². The van der Waals surface area contributed by atoms with Crippen molar-refractivity contribution in [1.82, 2.24) is 0 Å². The molecule has 1 aromatic carbocycles. The van der Waals surface area contributed by atoms with E-state index in [1.165, 1.54) is 0 Å². The van der Waals surface area contributed by atoms with Gasteiger partial charge in [0.1, 0.15) is 0 Å². The SMILES string of the molecule is CC/C=C1\CC(=O)c2cc(OC)c(OC)cc21. The highest BCUT2D eigenvalue weighted by atomic mass is 16.5. The number of carbonyl (C=O) groups excluding carboxylic acids is 1. The van der Waals surface area contributed by atoms with E-state index in [0.717, 1.165) is 23.1 Å². The lowest BCUT2D eigenvalue weighted by Gasteiger charge is -2.09. The normalized spacial score (nSPS) is 16.2. The largest absolute Gasteiger partial charge is 0.493 e. The number of hydrogen-bond donors (Lipinski definition) is 0. The van der Waals surface area contributed by atoms with E-state index in [-0.39, 0.29) is 5.78 Å². The molecule has 1 aliphatic carbocycles. The second kappa shape index (κ2) is 4.62. The van der Waals surface area contributed by atoms with Gasteiger partial charge in [-0.1, -0.05) is 13.0 Å². The standard InChI is InChI=1S/C14H16O3/c1-4-5-9-6-12(15)11-8-14(17-3)13(16-2)7-10(9)11/h5,7-8H,4,6H2,1-3H3/b9-5+. The average Bonchev–Trinajstić information content (AvgIpc) is 2.65. The Morgan fingerprint density at radius 2 is 1.76 bits per heavy atom. The third-order valence-electron chi connectivity index (χ3n) is 2.97. The molecule has 0 fully saturated rings. The second-order valence-corrected chi connectivity index (χ2v) is 3.99. The molecular weight excluding hydrogens is 216 g/mol. The van der Waals surface area contributed by atoms with Crippen LogP contribution in [0.1, 0.15) is 35.7 Å². The Morgan fingerprint density at radius 3 is 2.29 bits per heavy atom. The molecule has 0 heterocycles. The molecule has 2 rings (SSSR count). The Hall–Kier alpha value is -1.77. The van der Waals surface area contributed by atoms with Gasteiger partial charge in [-0.05, 0) is 29.7 Å². The van der Waals surface area contributed by atoms with Crippen molar-refractivity contribution in [2.24, 2.45) is 0 Å². The highest BCUT2D eigenvalue weighted by molar-refractivity contribution is 6.12. The summed E-state index contributed by atoms with van der Waals surface area (Å²) < 4.78 is 10.5. The van der Waals surface area contributed by atoms with Crippen LogP contribution in [0.25, 0.3) is 5.57 Å². The summed E-state index contributed by atoms with van der Waals surface area (Å²) in [4.78, 5) is 11.9. The van der Waals surface area contributed by atoms with Crippen molar-refractivity contribution in [1.29, 1.82) is 0 Å². The van der Waals surface area contributed by atoms with Crippen molar-refractivity contribution in [2.75, 3.05) is 14.2 Å². The van der Waals surface area contributed by atoms with Gasteiger partial charge in [-0.25, -0.2) is 0 Å².